The average Bonchev–Trinajstić information content (AvgIpc) is 3.19. The Morgan fingerprint density at radius 3 is 3.17 bits per heavy atom. The van der Waals surface area contributed by atoms with E-state index in [0.717, 1.165) is 45.5 Å². The molecule has 7 heteroatoms. The van der Waals surface area contributed by atoms with Crippen molar-refractivity contribution < 1.29 is 4.79 Å². The fourth-order valence-corrected chi connectivity index (χ4v) is 4.01. The van der Waals surface area contributed by atoms with Gasteiger partial charge in [0, 0.05) is 36.5 Å². The number of thioether (sulfide) groups is 1. The molecule has 23 heavy (non-hydrogen) atoms. The van der Waals surface area contributed by atoms with Crippen molar-refractivity contribution in [1.82, 2.24) is 19.2 Å². The van der Waals surface area contributed by atoms with Crippen LogP contribution in [0.5, 0.6) is 0 Å². The largest absolute Gasteiger partial charge is 0.310 e. The highest BCUT2D eigenvalue weighted by Crippen LogP contribution is 2.34. The fraction of sp³-hybridized carbons (Fsp3) is 0.312. The molecule has 1 aliphatic rings. The van der Waals surface area contributed by atoms with E-state index in [9.17, 15) is 4.79 Å². The maximum atomic E-state index is 12.5. The van der Waals surface area contributed by atoms with Gasteiger partial charge in [-0.1, -0.05) is 6.07 Å². The molecule has 1 amide bonds. The highest BCUT2D eigenvalue weighted by molar-refractivity contribution is 7.98. The summed E-state index contributed by atoms with van der Waals surface area (Å²) in [4.78, 5) is 16.9. The fourth-order valence-electron chi connectivity index (χ4n) is 2.97. The van der Waals surface area contributed by atoms with Crippen molar-refractivity contribution in [1.29, 1.82) is 0 Å². The summed E-state index contributed by atoms with van der Waals surface area (Å²) in [5.74, 6) is 2.61. The van der Waals surface area contributed by atoms with Gasteiger partial charge in [-0.3, -0.25) is 9.48 Å². The van der Waals surface area contributed by atoms with Gasteiger partial charge in [-0.05, 0) is 18.6 Å². The molecule has 1 N–H and O–H groups in total. The highest BCUT2D eigenvalue weighted by Gasteiger charge is 2.22. The summed E-state index contributed by atoms with van der Waals surface area (Å²) in [6.07, 6.45) is 4.00. The molecular formula is C16H17N5OS. The number of fused-ring (bicyclic) bond motifs is 2. The zero-order valence-electron chi connectivity index (χ0n) is 13.0. The van der Waals surface area contributed by atoms with E-state index in [1.807, 2.05) is 48.5 Å². The van der Waals surface area contributed by atoms with Crippen LogP contribution in [0.15, 0.2) is 24.5 Å². The molecule has 0 spiro atoms. The molecule has 4 heterocycles. The monoisotopic (exact) mass is 327 g/mol. The van der Waals surface area contributed by atoms with Crippen LogP contribution in [0.1, 0.15) is 22.5 Å². The Labute approximate surface area is 137 Å². The van der Waals surface area contributed by atoms with Crippen LogP contribution in [0.4, 0.5) is 5.82 Å². The van der Waals surface area contributed by atoms with Crippen LogP contribution < -0.4 is 5.32 Å². The van der Waals surface area contributed by atoms with Crippen molar-refractivity contribution in [2.45, 2.75) is 24.9 Å². The summed E-state index contributed by atoms with van der Waals surface area (Å²) in [5, 5.41) is 7.48. The van der Waals surface area contributed by atoms with Gasteiger partial charge in [0.1, 0.15) is 11.5 Å². The van der Waals surface area contributed by atoms with Crippen LogP contribution in [0.3, 0.4) is 0 Å². The smallest absolute Gasteiger partial charge is 0.231 e. The number of nitrogens with zero attached hydrogens (tertiary/aromatic N) is 4. The number of hydrogen-bond donors (Lipinski definition) is 1. The van der Waals surface area contributed by atoms with Crippen molar-refractivity contribution in [3.8, 4) is 0 Å². The molecule has 0 atom stereocenters. The third-order valence-electron chi connectivity index (χ3n) is 4.12. The van der Waals surface area contributed by atoms with Crippen molar-refractivity contribution >= 4 is 29.1 Å². The summed E-state index contributed by atoms with van der Waals surface area (Å²) < 4.78 is 3.74. The number of imidazole rings is 1. The Morgan fingerprint density at radius 1 is 1.43 bits per heavy atom. The zero-order valence-corrected chi connectivity index (χ0v) is 13.9. The lowest BCUT2D eigenvalue weighted by atomic mass is 10.2. The molecule has 0 bridgehead atoms. The maximum Gasteiger partial charge on any atom is 0.231 e. The quantitative estimate of drug-likeness (QED) is 0.802. The lowest BCUT2D eigenvalue weighted by molar-refractivity contribution is -0.115. The number of amides is 1. The second-order valence-corrected chi connectivity index (χ2v) is 6.74. The number of carbonyl (C=O) groups is 1. The Kier molecular flexibility index (Phi) is 3.37. The molecule has 0 fully saturated rings. The molecule has 0 aromatic carbocycles. The van der Waals surface area contributed by atoms with Crippen molar-refractivity contribution in [3.63, 3.8) is 0 Å². The SMILES string of the molecule is Cc1cccn2c(CC(=O)Nc3c4c(nn3C)CSC4)cnc12. The van der Waals surface area contributed by atoms with Crippen LogP contribution in [0, 0.1) is 6.92 Å². The minimum atomic E-state index is -0.0454. The Morgan fingerprint density at radius 2 is 2.30 bits per heavy atom. The third-order valence-corrected chi connectivity index (χ3v) is 5.09. The van der Waals surface area contributed by atoms with Gasteiger partial charge in [-0.25, -0.2) is 4.98 Å². The number of nitrogens with one attached hydrogen (secondary N) is 1. The van der Waals surface area contributed by atoms with Crippen LogP contribution in [-0.2, 0) is 29.8 Å². The van der Waals surface area contributed by atoms with E-state index in [-0.39, 0.29) is 12.3 Å². The standard InChI is InChI=1S/C16H17N5OS/c1-10-4-3-5-21-11(7-17-15(10)21)6-14(22)18-16-12-8-23-9-13(12)19-20(16)2/h3-5,7H,6,8-9H2,1-2H3,(H,18,22). The first kappa shape index (κ1) is 14.3. The second kappa shape index (κ2) is 5.42. The van der Waals surface area contributed by atoms with E-state index in [0.29, 0.717) is 0 Å². The van der Waals surface area contributed by atoms with Gasteiger partial charge in [0.25, 0.3) is 0 Å². The van der Waals surface area contributed by atoms with Crippen LogP contribution in [-0.4, -0.2) is 25.1 Å². The first-order chi connectivity index (χ1) is 11.1. The van der Waals surface area contributed by atoms with E-state index in [1.165, 1.54) is 0 Å². The van der Waals surface area contributed by atoms with Gasteiger partial charge >= 0.3 is 0 Å². The average molecular weight is 327 g/mol. The Bertz CT molecular complexity index is 911. The first-order valence-corrected chi connectivity index (χ1v) is 8.63. The van der Waals surface area contributed by atoms with E-state index in [2.05, 4.69) is 15.4 Å². The summed E-state index contributed by atoms with van der Waals surface area (Å²) in [6.45, 7) is 2.02. The molecule has 0 saturated heterocycles. The molecule has 0 saturated carbocycles. The molecule has 1 aliphatic heterocycles. The number of rotatable bonds is 3. The molecule has 118 valence electrons. The Balaban J connectivity index is 1.57. The Hall–Kier alpha value is -2.28. The summed E-state index contributed by atoms with van der Waals surface area (Å²) in [5.41, 5.74) is 5.11. The van der Waals surface area contributed by atoms with Crippen molar-refractivity contribution in [2.75, 3.05) is 5.32 Å². The predicted molar refractivity (Wildman–Crippen MR) is 90.5 cm³/mol. The van der Waals surface area contributed by atoms with Gasteiger partial charge in [0.2, 0.25) is 5.91 Å². The minimum Gasteiger partial charge on any atom is -0.310 e. The molecule has 0 aliphatic carbocycles. The van der Waals surface area contributed by atoms with Gasteiger partial charge < -0.3 is 9.72 Å². The molecule has 6 nitrogen and oxygen atoms in total. The summed E-state index contributed by atoms with van der Waals surface area (Å²) in [7, 11) is 1.87. The van der Waals surface area contributed by atoms with Gasteiger partial charge in [-0.2, -0.15) is 16.9 Å². The molecular weight excluding hydrogens is 310 g/mol. The number of anilines is 1. The molecule has 0 unspecified atom stereocenters. The van der Waals surface area contributed by atoms with Crippen LogP contribution in [0.2, 0.25) is 0 Å². The number of aryl methyl sites for hydroxylation is 2. The normalized spacial score (nSPS) is 13.5. The number of carbonyl (C=O) groups excluding carboxylic acids is 1. The number of hydrogen-bond acceptors (Lipinski definition) is 4. The van der Waals surface area contributed by atoms with Crippen LogP contribution in [0.25, 0.3) is 5.65 Å². The first-order valence-electron chi connectivity index (χ1n) is 7.47. The summed E-state index contributed by atoms with van der Waals surface area (Å²) >= 11 is 1.83. The second-order valence-electron chi connectivity index (χ2n) is 5.75. The van der Waals surface area contributed by atoms with Gasteiger partial charge in [-0.15, -0.1) is 0 Å². The lowest BCUT2D eigenvalue weighted by Crippen LogP contribution is -2.18. The van der Waals surface area contributed by atoms with Crippen molar-refractivity contribution in [2.24, 2.45) is 7.05 Å². The number of pyridine rings is 1. The number of aromatic nitrogens is 4. The van der Waals surface area contributed by atoms with Crippen LogP contribution >= 0.6 is 11.8 Å². The maximum absolute atomic E-state index is 12.5. The van der Waals surface area contributed by atoms with E-state index < -0.39 is 0 Å². The molecule has 4 rings (SSSR count). The predicted octanol–water partition coefficient (Wildman–Crippen LogP) is 2.30. The zero-order chi connectivity index (χ0) is 16.0. The molecule has 3 aromatic rings. The van der Waals surface area contributed by atoms with Crippen molar-refractivity contribution in [3.05, 3.63) is 47.0 Å². The van der Waals surface area contributed by atoms with E-state index in [1.54, 1.807) is 10.9 Å². The molecule has 0 radical (unpaired) electrons. The van der Waals surface area contributed by atoms with Gasteiger partial charge in [0.05, 0.1) is 17.8 Å². The minimum absolute atomic E-state index is 0.0454. The van der Waals surface area contributed by atoms with E-state index in [4.69, 9.17) is 0 Å². The topological polar surface area (TPSA) is 64.2 Å². The van der Waals surface area contributed by atoms with Gasteiger partial charge in [0.15, 0.2) is 0 Å². The lowest BCUT2D eigenvalue weighted by Gasteiger charge is -2.08. The molecule has 3 aromatic heterocycles. The van der Waals surface area contributed by atoms with E-state index >= 15 is 0 Å². The summed E-state index contributed by atoms with van der Waals surface area (Å²) in [6, 6.07) is 3.99. The third kappa shape index (κ3) is 2.41. The highest BCUT2D eigenvalue weighted by atomic mass is 32.2.